The predicted molar refractivity (Wildman–Crippen MR) is 90.3 cm³/mol. The average molecular weight is 349 g/mol. The van der Waals surface area contributed by atoms with Crippen molar-refractivity contribution in [3.8, 4) is 0 Å². The highest BCUT2D eigenvalue weighted by Gasteiger charge is 2.01. The van der Waals surface area contributed by atoms with Gasteiger partial charge in [-0.3, -0.25) is 0 Å². The van der Waals surface area contributed by atoms with Crippen LogP contribution in [0.5, 0.6) is 0 Å². The summed E-state index contributed by atoms with van der Waals surface area (Å²) >= 11 is 5.35. The Morgan fingerprint density at radius 3 is 2.90 bits per heavy atom. The highest BCUT2D eigenvalue weighted by Crippen LogP contribution is 2.22. The number of hydrogen-bond donors (Lipinski definition) is 1. The van der Waals surface area contributed by atoms with Gasteiger partial charge in [0.15, 0.2) is 0 Å². The molecule has 1 aromatic carbocycles. The molecule has 0 fully saturated rings. The zero-order valence-corrected chi connectivity index (χ0v) is 13.6. The first-order chi connectivity index (χ1) is 9.84. The molecule has 0 amide bonds. The van der Waals surface area contributed by atoms with Gasteiger partial charge in [-0.25, -0.2) is 0 Å². The summed E-state index contributed by atoms with van der Waals surface area (Å²) in [5, 5.41) is 6.95. The molecular formula is C16H17BrN2S. The predicted octanol–water partition coefficient (Wildman–Crippen LogP) is 4.65. The van der Waals surface area contributed by atoms with E-state index in [0.717, 1.165) is 26.1 Å². The molecule has 0 spiro atoms. The third kappa shape index (κ3) is 3.14. The van der Waals surface area contributed by atoms with Crippen LogP contribution in [0, 0.1) is 0 Å². The summed E-state index contributed by atoms with van der Waals surface area (Å²) in [5.41, 5.74) is 1.33. The highest BCUT2D eigenvalue weighted by molar-refractivity contribution is 9.10. The van der Waals surface area contributed by atoms with E-state index in [1.165, 1.54) is 20.3 Å². The van der Waals surface area contributed by atoms with Gasteiger partial charge < -0.3 is 9.88 Å². The number of nitrogens with zero attached hydrogens (tertiary/aromatic N) is 1. The van der Waals surface area contributed by atoms with Gasteiger partial charge in [-0.05, 0) is 57.9 Å². The van der Waals surface area contributed by atoms with E-state index in [-0.39, 0.29) is 0 Å². The Hall–Kier alpha value is -1.10. The number of hydrogen-bond acceptors (Lipinski definition) is 2. The SMILES string of the molecule is Brc1ccsc1CNCCCn1ccc2ccccc21. The molecule has 2 heterocycles. The molecule has 1 N–H and O–H groups in total. The number of aryl methyl sites for hydroxylation is 1. The molecule has 0 aliphatic rings. The van der Waals surface area contributed by atoms with Crippen molar-refractivity contribution in [2.75, 3.05) is 6.54 Å². The first kappa shape index (κ1) is 13.9. The number of para-hydroxylation sites is 1. The molecule has 0 saturated heterocycles. The van der Waals surface area contributed by atoms with E-state index in [0.29, 0.717) is 0 Å². The van der Waals surface area contributed by atoms with Crippen LogP contribution in [0.1, 0.15) is 11.3 Å². The topological polar surface area (TPSA) is 17.0 Å². The molecule has 0 radical (unpaired) electrons. The normalized spacial score (nSPS) is 11.2. The van der Waals surface area contributed by atoms with Crippen LogP contribution in [-0.4, -0.2) is 11.1 Å². The zero-order valence-electron chi connectivity index (χ0n) is 11.2. The van der Waals surface area contributed by atoms with Crippen LogP contribution in [0.4, 0.5) is 0 Å². The summed E-state index contributed by atoms with van der Waals surface area (Å²) in [6.45, 7) is 3.05. The Morgan fingerprint density at radius 2 is 2.05 bits per heavy atom. The maximum atomic E-state index is 3.56. The number of aromatic nitrogens is 1. The van der Waals surface area contributed by atoms with E-state index >= 15 is 0 Å². The third-order valence-corrected chi connectivity index (χ3v) is 5.34. The van der Waals surface area contributed by atoms with Gasteiger partial charge in [0.05, 0.1) is 0 Å². The maximum absolute atomic E-state index is 3.56. The van der Waals surface area contributed by atoms with Crippen molar-refractivity contribution in [3.05, 3.63) is 57.3 Å². The second-order valence-electron chi connectivity index (χ2n) is 4.79. The number of nitrogens with one attached hydrogen (secondary N) is 1. The molecule has 20 heavy (non-hydrogen) atoms. The second-order valence-corrected chi connectivity index (χ2v) is 6.64. The standard InChI is InChI=1S/C16H17BrN2S/c17-14-7-11-20-16(14)12-18-8-3-9-19-10-6-13-4-1-2-5-15(13)19/h1-2,4-7,10-11,18H,3,8-9,12H2. The molecule has 0 atom stereocenters. The maximum Gasteiger partial charge on any atom is 0.0480 e. The fraction of sp³-hybridized carbons (Fsp3) is 0.250. The second kappa shape index (κ2) is 6.57. The van der Waals surface area contributed by atoms with Gasteiger partial charge in [-0.1, -0.05) is 18.2 Å². The molecule has 3 aromatic rings. The number of halogens is 1. The van der Waals surface area contributed by atoms with Crippen LogP contribution in [0.15, 0.2) is 52.4 Å². The first-order valence-corrected chi connectivity index (χ1v) is 8.48. The van der Waals surface area contributed by atoms with Crippen molar-refractivity contribution >= 4 is 38.2 Å². The van der Waals surface area contributed by atoms with E-state index in [1.54, 1.807) is 11.3 Å². The van der Waals surface area contributed by atoms with Gasteiger partial charge in [-0.15, -0.1) is 11.3 Å². The van der Waals surface area contributed by atoms with Crippen LogP contribution in [0.3, 0.4) is 0 Å². The molecular weight excluding hydrogens is 332 g/mol. The minimum absolute atomic E-state index is 0.949. The summed E-state index contributed by atoms with van der Waals surface area (Å²) in [7, 11) is 0. The van der Waals surface area contributed by atoms with E-state index in [2.05, 4.69) is 73.8 Å². The fourth-order valence-corrected chi connectivity index (χ4v) is 3.83. The Morgan fingerprint density at radius 1 is 1.15 bits per heavy atom. The summed E-state index contributed by atoms with van der Waals surface area (Å²) in [4.78, 5) is 1.37. The van der Waals surface area contributed by atoms with Crippen molar-refractivity contribution in [1.29, 1.82) is 0 Å². The third-order valence-electron chi connectivity index (χ3n) is 3.41. The lowest BCUT2D eigenvalue weighted by molar-refractivity contribution is 0.593. The lowest BCUT2D eigenvalue weighted by Crippen LogP contribution is -2.15. The minimum atomic E-state index is 0.949. The number of thiophene rings is 1. The summed E-state index contributed by atoms with van der Waals surface area (Å²) < 4.78 is 3.55. The van der Waals surface area contributed by atoms with Gasteiger partial charge in [0.25, 0.3) is 0 Å². The minimum Gasteiger partial charge on any atom is -0.347 e. The zero-order chi connectivity index (χ0) is 13.8. The van der Waals surface area contributed by atoms with E-state index in [4.69, 9.17) is 0 Å². The number of fused-ring (bicyclic) bond motifs is 1. The largest absolute Gasteiger partial charge is 0.347 e. The molecule has 0 unspecified atom stereocenters. The van der Waals surface area contributed by atoms with Gasteiger partial charge in [0.1, 0.15) is 0 Å². The average Bonchev–Trinajstić information content (AvgIpc) is 3.06. The van der Waals surface area contributed by atoms with Gasteiger partial charge >= 0.3 is 0 Å². The van der Waals surface area contributed by atoms with Gasteiger partial charge in [-0.2, -0.15) is 0 Å². The van der Waals surface area contributed by atoms with Crippen LogP contribution in [-0.2, 0) is 13.1 Å². The number of rotatable bonds is 6. The quantitative estimate of drug-likeness (QED) is 0.641. The molecule has 3 rings (SSSR count). The molecule has 2 nitrogen and oxygen atoms in total. The monoisotopic (exact) mass is 348 g/mol. The van der Waals surface area contributed by atoms with Crippen LogP contribution >= 0.6 is 27.3 Å². The summed E-state index contributed by atoms with van der Waals surface area (Å²) in [6, 6.07) is 12.8. The fourth-order valence-electron chi connectivity index (χ4n) is 2.36. The van der Waals surface area contributed by atoms with Crippen molar-refractivity contribution in [1.82, 2.24) is 9.88 Å². The first-order valence-electron chi connectivity index (χ1n) is 6.81. The smallest absolute Gasteiger partial charge is 0.0480 e. The van der Waals surface area contributed by atoms with E-state index in [1.807, 2.05) is 0 Å². The molecule has 2 aromatic heterocycles. The molecule has 0 aliphatic heterocycles. The lowest BCUT2D eigenvalue weighted by atomic mass is 10.2. The molecule has 0 saturated carbocycles. The number of benzene rings is 1. The van der Waals surface area contributed by atoms with Crippen molar-refractivity contribution in [3.63, 3.8) is 0 Å². The summed E-state index contributed by atoms with van der Waals surface area (Å²) in [5.74, 6) is 0. The van der Waals surface area contributed by atoms with Crippen molar-refractivity contribution in [2.24, 2.45) is 0 Å². The Labute approximate surface area is 131 Å². The molecule has 0 aliphatic carbocycles. The Balaban J connectivity index is 1.47. The van der Waals surface area contributed by atoms with Crippen molar-refractivity contribution < 1.29 is 0 Å². The molecule has 4 heteroatoms. The molecule has 0 bridgehead atoms. The Bertz CT molecular complexity index is 686. The lowest BCUT2D eigenvalue weighted by Gasteiger charge is -2.06. The van der Waals surface area contributed by atoms with Gasteiger partial charge in [0.2, 0.25) is 0 Å². The van der Waals surface area contributed by atoms with Crippen molar-refractivity contribution in [2.45, 2.75) is 19.5 Å². The van der Waals surface area contributed by atoms with Crippen LogP contribution in [0.2, 0.25) is 0 Å². The highest BCUT2D eigenvalue weighted by atomic mass is 79.9. The van der Waals surface area contributed by atoms with Crippen LogP contribution in [0.25, 0.3) is 10.9 Å². The summed E-state index contributed by atoms with van der Waals surface area (Å²) in [6.07, 6.45) is 3.32. The van der Waals surface area contributed by atoms with Crippen LogP contribution < -0.4 is 5.32 Å². The molecule has 104 valence electrons. The van der Waals surface area contributed by atoms with E-state index < -0.39 is 0 Å². The van der Waals surface area contributed by atoms with E-state index in [9.17, 15) is 0 Å². The van der Waals surface area contributed by atoms with Gasteiger partial charge in [0, 0.05) is 34.2 Å². The Kier molecular flexibility index (Phi) is 4.55.